The van der Waals surface area contributed by atoms with Gasteiger partial charge in [0.2, 0.25) is 21.9 Å². The van der Waals surface area contributed by atoms with Gasteiger partial charge in [0.15, 0.2) is 0 Å². The summed E-state index contributed by atoms with van der Waals surface area (Å²) in [4.78, 5) is 20.8. The van der Waals surface area contributed by atoms with Gasteiger partial charge in [-0.05, 0) is 75.2 Å². The van der Waals surface area contributed by atoms with Crippen molar-refractivity contribution in [2.24, 2.45) is 0 Å². The standard InChI is InChI=1S/C23H27N5O5S2/c1-15-6-7-16(2)21(14-15)28(34(5,30)31)18(4)22(29)26-19-8-10-20(11-9-19)35(32,33)27-23-24-13-12-17(3)25-23/h6-14,18H,1-5H3,(H,26,29)(H,24,25,27)/t18-/m1/s1. The first-order valence-corrected chi connectivity index (χ1v) is 13.9. The Hall–Kier alpha value is -3.51. The highest BCUT2D eigenvalue weighted by atomic mass is 32.2. The molecule has 1 amide bonds. The number of carbonyl (C=O) groups excluding carboxylic acids is 1. The van der Waals surface area contributed by atoms with Gasteiger partial charge in [0, 0.05) is 17.6 Å². The second-order valence-electron chi connectivity index (χ2n) is 8.17. The van der Waals surface area contributed by atoms with Crippen LogP contribution in [0.2, 0.25) is 0 Å². The number of nitrogens with one attached hydrogen (secondary N) is 2. The van der Waals surface area contributed by atoms with Crippen molar-refractivity contribution < 1.29 is 21.6 Å². The zero-order valence-corrected chi connectivity index (χ0v) is 21.6. The van der Waals surface area contributed by atoms with E-state index in [4.69, 9.17) is 0 Å². The Balaban J connectivity index is 1.79. The van der Waals surface area contributed by atoms with E-state index in [0.29, 0.717) is 22.6 Å². The Morgan fingerprint density at radius 3 is 2.23 bits per heavy atom. The van der Waals surface area contributed by atoms with Gasteiger partial charge in [-0.3, -0.25) is 9.10 Å². The number of sulfonamides is 2. The third-order valence-corrected chi connectivity index (χ3v) is 7.71. The summed E-state index contributed by atoms with van der Waals surface area (Å²) in [5.41, 5.74) is 2.89. The average molecular weight is 518 g/mol. The van der Waals surface area contributed by atoms with E-state index < -0.39 is 32.0 Å². The number of hydrogen-bond acceptors (Lipinski definition) is 7. The highest BCUT2D eigenvalue weighted by Crippen LogP contribution is 2.27. The van der Waals surface area contributed by atoms with Crippen LogP contribution in [0, 0.1) is 20.8 Å². The zero-order valence-electron chi connectivity index (χ0n) is 20.0. The fraction of sp³-hybridized carbons (Fsp3) is 0.261. The van der Waals surface area contributed by atoms with Gasteiger partial charge in [-0.25, -0.2) is 31.5 Å². The molecular weight excluding hydrogens is 490 g/mol. The first kappa shape index (κ1) is 26.1. The molecule has 35 heavy (non-hydrogen) atoms. The third-order valence-electron chi connectivity index (χ3n) is 5.14. The van der Waals surface area contributed by atoms with E-state index in [1.54, 1.807) is 32.0 Å². The number of benzene rings is 2. The Labute approximate surface area is 205 Å². The van der Waals surface area contributed by atoms with Gasteiger partial charge in [0.05, 0.1) is 16.8 Å². The maximum atomic E-state index is 13.0. The summed E-state index contributed by atoms with van der Waals surface area (Å²) in [6.07, 6.45) is 2.49. The maximum Gasteiger partial charge on any atom is 0.264 e. The molecule has 0 spiro atoms. The summed E-state index contributed by atoms with van der Waals surface area (Å²) in [5.74, 6) is -0.623. The maximum absolute atomic E-state index is 13.0. The van der Waals surface area contributed by atoms with Gasteiger partial charge in [-0.1, -0.05) is 12.1 Å². The van der Waals surface area contributed by atoms with Gasteiger partial charge in [0.25, 0.3) is 10.0 Å². The minimum absolute atomic E-state index is 0.0523. The molecule has 0 radical (unpaired) electrons. The Morgan fingerprint density at radius 1 is 0.971 bits per heavy atom. The van der Waals surface area contributed by atoms with E-state index in [0.717, 1.165) is 16.1 Å². The summed E-state index contributed by atoms with van der Waals surface area (Å²) < 4.78 is 53.8. The van der Waals surface area contributed by atoms with Crippen molar-refractivity contribution in [3.8, 4) is 0 Å². The molecule has 186 valence electrons. The lowest BCUT2D eigenvalue weighted by atomic mass is 10.1. The van der Waals surface area contributed by atoms with E-state index in [2.05, 4.69) is 20.0 Å². The highest BCUT2D eigenvalue weighted by molar-refractivity contribution is 7.92. The monoisotopic (exact) mass is 517 g/mol. The van der Waals surface area contributed by atoms with E-state index in [-0.39, 0.29) is 10.8 Å². The van der Waals surface area contributed by atoms with Crippen LogP contribution >= 0.6 is 0 Å². The van der Waals surface area contributed by atoms with Crippen LogP contribution in [0.3, 0.4) is 0 Å². The number of carbonyl (C=O) groups is 1. The Morgan fingerprint density at radius 2 is 1.63 bits per heavy atom. The van der Waals surface area contributed by atoms with E-state index >= 15 is 0 Å². The number of aromatic nitrogens is 2. The van der Waals surface area contributed by atoms with Crippen LogP contribution in [-0.2, 0) is 24.8 Å². The lowest BCUT2D eigenvalue weighted by molar-refractivity contribution is -0.116. The molecule has 2 aromatic carbocycles. The Kier molecular flexibility index (Phi) is 7.46. The van der Waals surface area contributed by atoms with Crippen LogP contribution in [0.1, 0.15) is 23.7 Å². The van der Waals surface area contributed by atoms with Gasteiger partial charge in [-0.2, -0.15) is 0 Å². The fourth-order valence-electron chi connectivity index (χ4n) is 3.38. The van der Waals surface area contributed by atoms with Gasteiger partial charge in [0.1, 0.15) is 6.04 Å². The van der Waals surface area contributed by atoms with Crippen molar-refractivity contribution in [1.82, 2.24) is 9.97 Å². The smallest absolute Gasteiger partial charge is 0.264 e. The van der Waals surface area contributed by atoms with E-state index in [9.17, 15) is 21.6 Å². The van der Waals surface area contributed by atoms with Crippen molar-refractivity contribution in [2.75, 3.05) is 20.6 Å². The number of anilines is 3. The number of aryl methyl sites for hydroxylation is 3. The molecule has 1 aromatic heterocycles. The second-order valence-corrected chi connectivity index (χ2v) is 11.7. The molecule has 0 saturated heterocycles. The topological polar surface area (TPSA) is 138 Å². The molecule has 0 unspecified atom stereocenters. The predicted octanol–water partition coefficient (Wildman–Crippen LogP) is 3.00. The number of amides is 1. The molecule has 2 N–H and O–H groups in total. The molecule has 0 fully saturated rings. The molecule has 12 heteroatoms. The number of hydrogen-bond donors (Lipinski definition) is 2. The van der Waals surface area contributed by atoms with Crippen molar-refractivity contribution in [3.05, 3.63) is 71.5 Å². The van der Waals surface area contributed by atoms with Gasteiger partial charge < -0.3 is 5.32 Å². The van der Waals surface area contributed by atoms with E-state index in [1.165, 1.54) is 37.4 Å². The van der Waals surface area contributed by atoms with Crippen LogP contribution in [0.15, 0.2) is 59.6 Å². The average Bonchev–Trinajstić information content (AvgIpc) is 2.75. The summed E-state index contributed by atoms with van der Waals surface area (Å²) in [5, 5.41) is 2.65. The molecule has 1 heterocycles. The van der Waals surface area contributed by atoms with Crippen LogP contribution in [0.4, 0.5) is 17.3 Å². The third kappa shape index (κ3) is 6.34. The van der Waals surface area contributed by atoms with Crippen molar-refractivity contribution in [3.63, 3.8) is 0 Å². The normalized spacial score (nSPS) is 12.6. The van der Waals surface area contributed by atoms with Crippen molar-refractivity contribution in [2.45, 2.75) is 38.6 Å². The zero-order chi connectivity index (χ0) is 26.0. The fourth-order valence-corrected chi connectivity index (χ4v) is 5.55. The molecule has 0 aliphatic rings. The molecule has 10 nitrogen and oxygen atoms in total. The van der Waals surface area contributed by atoms with E-state index in [1.807, 2.05) is 13.0 Å². The molecule has 0 bridgehead atoms. The van der Waals surface area contributed by atoms with Gasteiger partial charge >= 0.3 is 0 Å². The number of nitrogens with zero attached hydrogens (tertiary/aromatic N) is 3. The van der Waals surface area contributed by atoms with Crippen molar-refractivity contribution >= 4 is 43.3 Å². The highest BCUT2D eigenvalue weighted by Gasteiger charge is 2.30. The van der Waals surface area contributed by atoms with Crippen LogP contribution < -0.4 is 14.3 Å². The summed E-state index contributed by atoms with van der Waals surface area (Å²) in [7, 11) is -7.72. The lowest BCUT2D eigenvalue weighted by Crippen LogP contribution is -2.45. The summed E-state index contributed by atoms with van der Waals surface area (Å²) in [6.45, 7) is 6.81. The SMILES string of the molecule is Cc1ccc(C)c(N([C@H](C)C(=O)Nc2ccc(S(=O)(=O)Nc3nccc(C)n3)cc2)S(C)(=O)=O)c1. The minimum atomic E-state index is -3.94. The predicted molar refractivity (Wildman–Crippen MR) is 135 cm³/mol. The molecule has 3 rings (SSSR count). The van der Waals surface area contributed by atoms with Gasteiger partial charge in [-0.15, -0.1) is 0 Å². The quantitative estimate of drug-likeness (QED) is 0.468. The number of rotatable bonds is 8. The first-order chi connectivity index (χ1) is 16.3. The molecule has 0 aliphatic carbocycles. The second kappa shape index (κ2) is 10.0. The molecule has 1 atom stereocenters. The van der Waals surface area contributed by atoms with Crippen molar-refractivity contribution in [1.29, 1.82) is 0 Å². The van der Waals surface area contributed by atoms with Crippen LogP contribution in [-0.4, -0.2) is 45.0 Å². The largest absolute Gasteiger partial charge is 0.324 e. The molecule has 3 aromatic rings. The first-order valence-electron chi connectivity index (χ1n) is 10.6. The Bertz CT molecular complexity index is 1460. The molecular formula is C23H27N5O5S2. The van der Waals surface area contributed by atoms with Crippen LogP contribution in [0.5, 0.6) is 0 Å². The summed E-state index contributed by atoms with van der Waals surface area (Å²) >= 11 is 0. The minimum Gasteiger partial charge on any atom is -0.324 e. The summed E-state index contributed by atoms with van der Waals surface area (Å²) in [6, 6.07) is 11.4. The molecule has 0 saturated carbocycles. The lowest BCUT2D eigenvalue weighted by Gasteiger charge is -2.29. The van der Waals surface area contributed by atoms with Crippen LogP contribution in [0.25, 0.3) is 0 Å². The molecule has 0 aliphatic heterocycles.